The number of sulfone groups is 1. The minimum atomic E-state index is -3.39. The third kappa shape index (κ3) is 5.05. The summed E-state index contributed by atoms with van der Waals surface area (Å²) < 4.78 is 41.5. The standard InChI is InChI=1S/C24H22BrClFN5O2S/c1-35(33,34)19-8-16-4-7-32(23(16)20(26)10-19)14-22-21(27)9-17(11-28-22)15-2-5-31(6-3-15)24-29-12-18(25)13-30-24/h4,7-13,15H,2-3,5-6,14H2,1H3. The predicted octanol–water partition coefficient (Wildman–Crippen LogP) is 5.22. The molecule has 11 heteroatoms. The van der Waals surface area contributed by atoms with Crippen molar-refractivity contribution in [3.63, 3.8) is 0 Å². The molecule has 4 aromatic rings. The Hall–Kier alpha value is -2.56. The molecular formula is C24H22BrClFN5O2S. The fourth-order valence-electron chi connectivity index (χ4n) is 4.48. The largest absolute Gasteiger partial charge is 0.341 e. The third-order valence-corrected chi connectivity index (χ3v) is 8.12. The summed E-state index contributed by atoms with van der Waals surface area (Å²) >= 11 is 9.75. The van der Waals surface area contributed by atoms with E-state index in [-0.39, 0.29) is 23.2 Å². The molecule has 1 aliphatic rings. The molecule has 7 nitrogen and oxygen atoms in total. The number of fused-ring (bicyclic) bond motifs is 1. The highest BCUT2D eigenvalue weighted by molar-refractivity contribution is 9.10. The molecule has 1 aromatic carbocycles. The molecule has 0 bridgehead atoms. The maximum Gasteiger partial charge on any atom is 0.225 e. The van der Waals surface area contributed by atoms with E-state index in [0.29, 0.717) is 27.6 Å². The Balaban J connectivity index is 1.31. The van der Waals surface area contributed by atoms with Crippen molar-refractivity contribution >= 4 is 54.2 Å². The Kier molecular flexibility index (Phi) is 6.54. The van der Waals surface area contributed by atoms with Gasteiger partial charge in [-0.2, -0.15) is 0 Å². The first-order valence-electron chi connectivity index (χ1n) is 11.0. The molecule has 182 valence electrons. The average molecular weight is 579 g/mol. The van der Waals surface area contributed by atoms with Crippen LogP contribution in [0.25, 0.3) is 10.9 Å². The predicted molar refractivity (Wildman–Crippen MR) is 137 cm³/mol. The van der Waals surface area contributed by atoms with Gasteiger partial charge in [-0.15, -0.1) is 0 Å². The highest BCUT2D eigenvalue weighted by Crippen LogP contribution is 2.31. The van der Waals surface area contributed by atoms with Crippen molar-refractivity contribution in [1.29, 1.82) is 0 Å². The van der Waals surface area contributed by atoms with Crippen molar-refractivity contribution in [1.82, 2.24) is 19.5 Å². The molecular weight excluding hydrogens is 557 g/mol. The highest BCUT2D eigenvalue weighted by atomic mass is 79.9. The van der Waals surface area contributed by atoms with Gasteiger partial charge in [0.25, 0.3) is 0 Å². The minimum absolute atomic E-state index is 0.152. The van der Waals surface area contributed by atoms with E-state index in [1.54, 1.807) is 47.6 Å². The molecule has 0 spiro atoms. The van der Waals surface area contributed by atoms with Crippen LogP contribution < -0.4 is 4.90 Å². The second-order valence-corrected chi connectivity index (χ2v) is 12.1. The first-order chi connectivity index (χ1) is 16.7. The summed E-state index contributed by atoms with van der Waals surface area (Å²) in [4.78, 5) is 15.4. The van der Waals surface area contributed by atoms with E-state index < -0.39 is 9.84 Å². The Morgan fingerprint density at radius 1 is 1.11 bits per heavy atom. The van der Waals surface area contributed by atoms with Crippen molar-refractivity contribution < 1.29 is 12.8 Å². The van der Waals surface area contributed by atoms with Crippen LogP contribution in [0.15, 0.2) is 58.4 Å². The summed E-state index contributed by atoms with van der Waals surface area (Å²) in [7, 11) is -3.39. The minimum Gasteiger partial charge on any atom is -0.341 e. The van der Waals surface area contributed by atoms with Crippen LogP contribution in [-0.4, -0.2) is 47.3 Å². The van der Waals surface area contributed by atoms with Crippen LogP contribution in [0.1, 0.15) is 30.0 Å². The Morgan fingerprint density at radius 3 is 2.49 bits per heavy atom. The molecule has 1 saturated heterocycles. The van der Waals surface area contributed by atoms with E-state index in [0.717, 1.165) is 42.2 Å². The van der Waals surface area contributed by atoms with Crippen molar-refractivity contribution in [2.45, 2.75) is 30.2 Å². The molecule has 0 saturated carbocycles. The lowest BCUT2D eigenvalue weighted by molar-refractivity contribution is 0.493. The molecule has 1 aliphatic heterocycles. The van der Waals surface area contributed by atoms with Gasteiger partial charge in [-0.3, -0.25) is 4.98 Å². The zero-order chi connectivity index (χ0) is 24.7. The van der Waals surface area contributed by atoms with E-state index in [4.69, 9.17) is 11.6 Å². The van der Waals surface area contributed by atoms with Crippen molar-refractivity contribution in [2.75, 3.05) is 24.2 Å². The third-order valence-electron chi connectivity index (χ3n) is 6.33. The Morgan fingerprint density at radius 2 is 1.83 bits per heavy atom. The van der Waals surface area contributed by atoms with Crippen molar-refractivity contribution in [2.24, 2.45) is 0 Å². The summed E-state index contributed by atoms with van der Waals surface area (Å²) in [6.07, 6.45) is 9.85. The molecule has 0 radical (unpaired) electrons. The van der Waals surface area contributed by atoms with E-state index in [1.165, 1.54) is 6.07 Å². The highest BCUT2D eigenvalue weighted by Gasteiger charge is 2.23. The number of piperidine rings is 1. The van der Waals surface area contributed by atoms with Crippen LogP contribution in [0.2, 0.25) is 5.02 Å². The summed E-state index contributed by atoms with van der Waals surface area (Å²) in [5, 5.41) is 0.975. The topological polar surface area (TPSA) is 81.0 Å². The molecule has 4 heterocycles. The molecule has 0 N–H and O–H groups in total. The van der Waals surface area contributed by atoms with E-state index in [1.807, 2.05) is 0 Å². The SMILES string of the molecule is CS(=O)(=O)c1cc(Cl)c2c(ccn2Cc2ncc(C3CCN(c4ncc(Br)cn4)CC3)cc2F)c1. The van der Waals surface area contributed by atoms with E-state index >= 15 is 4.39 Å². The van der Waals surface area contributed by atoms with Gasteiger partial charge in [0.15, 0.2) is 9.84 Å². The number of anilines is 1. The summed E-state index contributed by atoms with van der Waals surface area (Å²) in [6.45, 7) is 1.77. The van der Waals surface area contributed by atoms with Crippen LogP contribution in [0, 0.1) is 5.82 Å². The van der Waals surface area contributed by atoms with Gasteiger partial charge in [0.05, 0.1) is 32.1 Å². The quantitative estimate of drug-likeness (QED) is 0.323. The maximum atomic E-state index is 15.1. The lowest BCUT2D eigenvalue weighted by Crippen LogP contribution is -2.34. The lowest BCUT2D eigenvalue weighted by atomic mass is 9.90. The fourth-order valence-corrected chi connectivity index (χ4v) is 5.76. The van der Waals surface area contributed by atoms with Crippen LogP contribution >= 0.6 is 27.5 Å². The number of pyridine rings is 1. The molecule has 0 aliphatic carbocycles. The fraction of sp³-hybridized carbons (Fsp3) is 0.292. The van der Waals surface area contributed by atoms with Gasteiger partial charge in [-0.05, 0) is 64.5 Å². The zero-order valence-corrected chi connectivity index (χ0v) is 22.0. The van der Waals surface area contributed by atoms with Crippen LogP contribution in [-0.2, 0) is 16.4 Å². The summed E-state index contributed by atoms with van der Waals surface area (Å²) in [6, 6.07) is 6.35. The molecule has 5 rings (SSSR count). The zero-order valence-electron chi connectivity index (χ0n) is 18.8. The molecule has 0 unspecified atom stereocenters. The monoisotopic (exact) mass is 577 g/mol. The number of halogens is 3. The number of hydrogen-bond donors (Lipinski definition) is 0. The molecule has 3 aromatic heterocycles. The normalized spacial score (nSPS) is 15.1. The first kappa shape index (κ1) is 24.1. The Bertz CT molecular complexity index is 1500. The molecule has 35 heavy (non-hydrogen) atoms. The van der Waals surface area contributed by atoms with Gasteiger partial charge >= 0.3 is 0 Å². The van der Waals surface area contributed by atoms with Gasteiger partial charge < -0.3 is 9.47 Å². The maximum absolute atomic E-state index is 15.1. The number of nitrogens with zero attached hydrogens (tertiary/aromatic N) is 5. The van der Waals surface area contributed by atoms with Gasteiger partial charge in [0, 0.05) is 49.5 Å². The second-order valence-electron chi connectivity index (χ2n) is 8.72. The Labute approximate surface area is 216 Å². The van der Waals surface area contributed by atoms with Gasteiger partial charge in [0.2, 0.25) is 5.95 Å². The average Bonchev–Trinajstić information content (AvgIpc) is 3.24. The van der Waals surface area contributed by atoms with Crippen LogP contribution in [0.5, 0.6) is 0 Å². The number of hydrogen-bond acceptors (Lipinski definition) is 6. The van der Waals surface area contributed by atoms with Crippen molar-refractivity contribution in [3.8, 4) is 0 Å². The van der Waals surface area contributed by atoms with Gasteiger partial charge in [-0.1, -0.05) is 11.6 Å². The van der Waals surface area contributed by atoms with Gasteiger partial charge in [0.1, 0.15) is 5.82 Å². The lowest BCUT2D eigenvalue weighted by Gasteiger charge is -2.32. The number of aromatic nitrogens is 4. The van der Waals surface area contributed by atoms with E-state index in [9.17, 15) is 8.42 Å². The molecule has 0 amide bonds. The summed E-state index contributed by atoms with van der Waals surface area (Å²) in [5.74, 6) is 0.550. The smallest absolute Gasteiger partial charge is 0.225 e. The summed E-state index contributed by atoms with van der Waals surface area (Å²) in [5.41, 5.74) is 1.83. The van der Waals surface area contributed by atoms with E-state index in [2.05, 4.69) is 35.8 Å². The number of benzene rings is 1. The first-order valence-corrected chi connectivity index (χ1v) is 14.1. The van der Waals surface area contributed by atoms with Gasteiger partial charge in [-0.25, -0.2) is 22.8 Å². The molecule has 0 atom stereocenters. The number of rotatable bonds is 5. The molecule has 1 fully saturated rings. The van der Waals surface area contributed by atoms with Crippen LogP contribution in [0.4, 0.5) is 10.3 Å². The van der Waals surface area contributed by atoms with Crippen LogP contribution in [0.3, 0.4) is 0 Å². The second kappa shape index (κ2) is 9.48. The van der Waals surface area contributed by atoms with Crippen molar-refractivity contribution in [3.05, 3.63) is 75.6 Å².